The van der Waals surface area contributed by atoms with Gasteiger partial charge in [0, 0.05) is 17.7 Å². The Bertz CT molecular complexity index is 978. The summed E-state index contributed by atoms with van der Waals surface area (Å²) >= 11 is 11.4. The zero-order valence-electron chi connectivity index (χ0n) is 12.1. The van der Waals surface area contributed by atoms with E-state index in [1.54, 1.807) is 18.2 Å². The molecule has 1 N–H and O–H groups in total. The monoisotopic (exact) mass is 359 g/mol. The summed E-state index contributed by atoms with van der Waals surface area (Å²) in [6.07, 6.45) is 1.54. The lowest BCUT2D eigenvalue weighted by Gasteiger charge is -2.02. The quantitative estimate of drug-likeness (QED) is 0.329. The number of non-ortho nitro benzene ring substituents is 1. The van der Waals surface area contributed by atoms with Gasteiger partial charge >= 0.3 is 0 Å². The van der Waals surface area contributed by atoms with Crippen LogP contribution in [0, 0.1) is 14.9 Å². The summed E-state index contributed by atoms with van der Waals surface area (Å²) in [6.45, 7) is 0. The van der Waals surface area contributed by atoms with Gasteiger partial charge in [0.05, 0.1) is 16.2 Å². The first-order chi connectivity index (χ1) is 11.6. The molecule has 7 nitrogen and oxygen atoms in total. The maximum absolute atomic E-state index is 10.7. The summed E-state index contributed by atoms with van der Waals surface area (Å²) in [5.74, 6) is 0.476. The van der Waals surface area contributed by atoms with Gasteiger partial charge in [-0.15, -0.1) is 0 Å². The Morgan fingerprint density at radius 2 is 1.96 bits per heavy atom. The average molecular weight is 360 g/mol. The number of hydrogen-bond acceptors (Lipinski definition) is 5. The SMILES string of the molecule is O=[N+]([O-])c1ccc(/C=N\n2c(-c3ccccc3Cl)n[nH]c2=S)cc1. The molecule has 1 heterocycles. The second-order valence-electron chi connectivity index (χ2n) is 4.74. The Morgan fingerprint density at radius 3 is 2.62 bits per heavy atom. The largest absolute Gasteiger partial charge is 0.269 e. The van der Waals surface area contributed by atoms with Crippen LogP contribution in [0.15, 0.2) is 53.6 Å². The predicted molar refractivity (Wildman–Crippen MR) is 93.9 cm³/mol. The third-order valence-corrected chi connectivity index (χ3v) is 3.79. The normalized spacial score (nSPS) is 11.0. The molecule has 0 bridgehead atoms. The Balaban J connectivity index is 1.96. The molecule has 24 heavy (non-hydrogen) atoms. The van der Waals surface area contributed by atoms with Gasteiger partial charge in [-0.1, -0.05) is 23.7 Å². The highest BCUT2D eigenvalue weighted by atomic mass is 35.5. The second kappa shape index (κ2) is 6.73. The summed E-state index contributed by atoms with van der Waals surface area (Å²) in [5, 5.41) is 22.3. The van der Waals surface area contributed by atoms with Crippen molar-refractivity contribution >= 4 is 35.7 Å². The molecular formula is C15H10ClN5O2S. The minimum atomic E-state index is -0.456. The number of aromatic amines is 1. The Morgan fingerprint density at radius 1 is 1.25 bits per heavy atom. The third kappa shape index (κ3) is 3.24. The number of nitrogens with one attached hydrogen (secondary N) is 1. The highest BCUT2D eigenvalue weighted by Crippen LogP contribution is 2.25. The van der Waals surface area contributed by atoms with E-state index in [0.29, 0.717) is 26.7 Å². The Kier molecular flexibility index (Phi) is 4.50. The summed E-state index contributed by atoms with van der Waals surface area (Å²) in [7, 11) is 0. The summed E-state index contributed by atoms with van der Waals surface area (Å²) in [4.78, 5) is 10.2. The van der Waals surface area contributed by atoms with E-state index in [9.17, 15) is 10.1 Å². The number of aromatic nitrogens is 3. The number of nitrogens with zero attached hydrogens (tertiary/aromatic N) is 4. The van der Waals surface area contributed by atoms with Crippen molar-refractivity contribution in [1.82, 2.24) is 14.9 Å². The van der Waals surface area contributed by atoms with Crippen molar-refractivity contribution in [3.05, 3.63) is 74.0 Å². The summed E-state index contributed by atoms with van der Waals surface area (Å²) < 4.78 is 1.75. The fourth-order valence-corrected chi connectivity index (χ4v) is 2.42. The number of hydrogen-bond donors (Lipinski definition) is 1. The highest BCUT2D eigenvalue weighted by molar-refractivity contribution is 7.71. The molecule has 120 valence electrons. The van der Waals surface area contributed by atoms with Gasteiger partial charge in [0.15, 0.2) is 5.82 Å². The van der Waals surface area contributed by atoms with Crippen molar-refractivity contribution < 1.29 is 4.92 Å². The van der Waals surface area contributed by atoms with Crippen molar-refractivity contribution in [2.45, 2.75) is 0 Å². The molecule has 0 spiro atoms. The van der Waals surface area contributed by atoms with Crippen LogP contribution < -0.4 is 0 Å². The average Bonchev–Trinajstić information content (AvgIpc) is 2.94. The number of rotatable bonds is 4. The molecule has 0 radical (unpaired) electrons. The van der Waals surface area contributed by atoms with Gasteiger partial charge in [0.2, 0.25) is 4.77 Å². The molecule has 0 saturated carbocycles. The molecule has 1 aromatic heterocycles. The fraction of sp³-hybridized carbons (Fsp3) is 0. The van der Waals surface area contributed by atoms with Gasteiger partial charge in [0.25, 0.3) is 5.69 Å². The molecular weight excluding hydrogens is 350 g/mol. The molecule has 0 aliphatic carbocycles. The molecule has 0 atom stereocenters. The fourth-order valence-electron chi connectivity index (χ4n) is 2.02. The van der Waals surface area contributed by atoms with Crippen LogP contribution in [-0.4, -0.2) is 26.0 Å². The molecule has 3 aromatic rings. The van der Waals surface area contributed by atoms with Crippen LogP contribution in [0.2, 0.25) is 5.02 Å². The van der Waals surface area contributed by atoms with Crippen molar-refractivity contribution in [3.8, 4) is 11.4 Å². The number of nitro benzene ring substituents is 1. The topological polar surface area (TPSA) is 89.1 Å². The predicted octanol–water partition coefficient (Wildman–Crippen LogP) is 4.05. The molecule has 0 aliphatic rings. The Hall–Kier alpha value is -2.84. The van der Waals surface area contributed by atoms with E-state index in [4.69, 9.17) is 23.8 Å². The summed E-state index contributed by atoms with van der Waals surface area (Å²) in [5.41, 5.74) is 1.39. The van der Waals surface area contributed by atoms with Crippen molar-refractivity contribution in [1.29, 1.82) is 0 Å². The minimum absolute atomic E-state index is 0.0174. The third-order valence-electron chi connectivity index (χ3n) is 3.19. The van der Waals surface area contributed by atoms with E-state index < -0.39 is 4.92 Å². The molecule has 0 fully saturated rings. The minimum Gasteiger partial charge on any atom is -0.258 e. The maximum atomic E-state index is 10.7. The maximum Gasteiger partial charge on any atom is 0.269 e. The van der Waals surface area contributed by atoms with E-state index in [2.05, 4.69) is 15.3 Å². The van der Waals surface area contributed by atoms with E-state index in [0.717, 1.165) is 0 Å². The van der Waals surface area contributed by atoms with E-state index >= 15 is 0 Å². The molecule has 3 rings (SSSR count). The van der Waals surface area contributed by atoms with Gasteiger partial charge < -0.3 is 0 Å². The first-order valence-corrected chi connectivity index (χ1v) is 7.56. The number of halogens is 1. The van der Waals surface area contributed by atoms with E-state index in [-0.39, 0.29) is 5.69 Å². The smallest absolute Gasteiger partial charge is 0.258 e. The molecule has 9 heteroatoms. The van der Waals surface area contributed by atoms with Crippen LogP contribution in [0.4, 0.5) is 5.69 Å². The van der Waals surface area contributed by atoms with Gasteiger partial charge in [-0.05, 0) is 42.0 Å². The number of H-pyrrole nitrogens is 1. The van der Waals surface area contributed by atoms with Crippen LogP contribution in [0.25, 0.3) is 11.4 Å². The molecule has 0 aliphatic heterocycles. The van der Waals surface area contributed by atoms with Crippen molar-refractivity contribution in [2.75, 3.05) is 0 Å². The first-order valence-electron chi connectivity index (χ1n) is 6.77. The molecule has 0 unspecified atom stereocenters. The highest BCUT2D eigenvalue weighted by Gasteiger charge is 2.11. The summed E-state index contributed by atoms with van der Waals surface area (Å²) in [6, 6.07) is 13.2. The van der Waals surface area contributed by atoms with Gasteiger partial charge in [-0.2, -0.15) is 14.9 Å². The lowest BCUT2D eigenvalue weighted by Crippen LogP contribution is -1.96. The second-order valence-corrected chi connectivity index (χ2v) is 5.53. The van der Waals surface area contributed by atoms with E-state index in [1.807, 2.05) is 18.2 Å². The van der Waals surface area contributed by atoms with Gasteiger partial charge in [-0.25, -0.2) is 5.10 Å². The first kappa shape index (κ1) is 16.0. The lowest BCUT2D eigenvalue weighted by atomic mass is 10.2. The standard InChI is InChI=1S/C15H10ClN5O2S/c16-13-4-2-1-3-12(13)14-18-19-15(24)20(14)17-9-10-5-7-11(8-6-10)21(22)23/h1-9H,(H,19,24)/b17-9-. The van der Waals surface area contributed by atoms with Crippen molar-refractivity contribution in [3.63, 3.8) is 0 Å². The van der Waals surface area contributed by atoms with E-state index in [1.165, 1.54) is 23.0 Å². The van der Waals surface area contributed by atoms with Crippen LogP contribution in [-0.2, 0) is 0 Å². The Labute approximate surface area is 146 Å². The van der Waals surface area contributed by atoms with Crippen LogP contribution in [0.3, 0.4) is 0 Å². The van der Waals surface area contributed by atoms with Crippen LogP contribution in [0.5, 0.6) is 0 Å². The van der Waals surface area contributed by atoms with Crippen LogP contribution in [0.1, 0.15) is 5.56 Å². The zero-order chi connectivity index (χ0) is 17.1. The number of benzene rings is 2. The van der Waals surface area contributed by atoms with Crippen molar-refractivity contribution in [2.24, 2.45) is 5.10 Å². The zero-order valence-corrected chi connectivity index (χ0v) is 13.7. The lowest BCUT2D eigenvalue weighted by molar-refractivity contribution is -0.384. The molecule has 0 amide bonds. The molecule has 2 aromatic carbocycles. The van der Waals surface area contributed by atoms with Gasteiger partial charge in [-0.3, -0.25) is 10.1 Å². The van der Waals surface area contributed by atoms with Gasteiger partial charge in [0.1, 0.15) is 0 Å². The van der Waals surface area contributed by atoms with Crippen LogP contribution >= 0.6 is 23.8 Å². The number of nitro groups is 1. The molecule has 0 saturated heterocycles.